The van der Waals surface area contributed by atoms with Crippen LogP contribution < -0.4 is 5.32 Å². The molecule has 1 aromatic rings. The van der Waals surface area contributed by atoms with Crippen LogP contribution in [-0.4, -0.2) is 61.1 Å². The molecule has 0 atom stereocenters. The van der Waals surface area contributed by atoms with Gasteiger partial charge in [0.25, 0.3) is 0 Å². The maximum atomic E-state index is 13.6. The lowest BCUT2D eigenvalue weighted by molar-refractivity contribution is -0.141. The first-order valence-corrected chi connectivity index (χ1v) is 8.88. The van der Waals surface area contributed by atoms with E-state index in [0.29, 0.717) is 52.2 Å². The summed E-state index contributed by atoms with van der Waals surface area (Å²) in [5.74, 6) is -1.03. The molecule has 2 saturated heterocycles. The predicted octanol–water partition coefficient (Wildman–Crippen LogP) is 1.75. The van der Waals surface area contributed by atoms with Crippen LogP contribution in [0, 0.1) is 17.6 Å². The van der Waals surface area contributed by atoms with E-state index >= 15 is 0 Å². The highest BCUT2D eigenvalue weighted by Gasteiger charge is 2.30. The SMILES string of the molecule is O=C(NCc1cc(F)ccc1F)N1CCC(C(=O)N2CCOCC2)CC1. The van der Waals surface area contributed by atoms with E-state index < -0.39 is 11.6 Å². The van der Waals surface area contributed by atoms with Crippen molar-refractivity contribution in [3.63, 3.8) is 0 Å². The highest BCUT2D eigenvalue weighted by Crippen LogP contribution is 2.20. The maximum absolute atomic E-state index is 13.6. The van der Waals surface area contributed by atoms with Gasteiger partial charge in [-0.15, -0.1) is 0 Å². The fourth-order valence-electron chi connectivity index (χ4n) is 3.33. The maximum Gasteiger partial charge on any atom is 0.317 e. The van der Waals surface area contributed by atoms with Crippen LogP contribution in [-0.2, 0) is 16.1 Å². The number of halogens is 2. The molecule has 0 radical (unpaired) electrons. The van der Waals surface area contributed by atoms with Gasteiger partial charge in [0.05, 0.1) is 13.2 Å². The van der Waals surface area contributed by atoms with Crippen LogP contribution in [0.1, 0.15) is 18.4 Å². The van der Waals surface area contributed by atoms with Crippen LogP contribution in [0.25, 0.3) is 0 Å². The van der Waals surface area contributed by atoms with Gasteiger partial charge < -0.3 is 19.9 Å². The number of ether oxygens (including phenoxy) is 1. The van der Waals surface area contributed by atoms with Crippen LogP contribution in [0.5, 0.6) is 0 Å². The highest BCUT2D eigenvalue weighted by atomic mass is 19.1. The number of piperidine rings is 1. The molecule has 142 valence electrons. The molecule has 2 fully saturated rings. The van der Waals surface area contributed by atoms with Gasteiger partial charge >= 0.3 is 6.03 Å². The molecule has 1 aromatic carbocycles. The first-order valence-electron chi connectivity index (χ1n) is 8.88. The topological polar surface area (TPSA) is 61.9 Å². The van der Waals surface area contributed by atoms with Gasteiger partial charge in [0.15, 0.2) is 0 Å². The molecular weight excluding hydrogens is 344 g/mol. The molecule has 1 N–H and O–H groups in total. The number of amides is 3. The van der Waals surface area contributed by atoms with Gasteiger partial charge in [-0.2, -0.15) is 0 Å². The molecule has 0 spiro atoms. The highest BCUT2D eigenvalue weighted by molar-refractivity contribution is 5.80. The van der Waals surface area contributed by atoms with Gasteiger partial charge in [0.1, 0.15) is 11.6 Å². The Morgan fingerprint density at radius 1 is 1.08 bits per heavy atom. The zero-order chi connectivity index (χ0) is 18.5. The molecule has 0 aliphatic carbocycles. The molecule has 3 amide bonds. The van der Waals surface area contributed by atoms with Crippen LogP contribution in [0.3, 0.4) is 0 Å². The monoisotopic (exact) mass is 367 g/mol. The molecule has 6 nitrogen and oxygen atoms in total. The largest absolute Gasteiger partial charge is 0.378 e. The van der Waals surface area contributed by atoms with E-state index in [9.17, 15) is 18.4 Å². The quantitative estimate of drug-likeness (QED) is 0.885. The van der Waals surface area contributed by atoms with Crippen molar-refractivity contribution in [2.75, 3.05) is 39.4 Å². The van der Waals surface area contributed by atoms with Crippen molar-refractivity contribution < 1.29 is 23.1 Å². The van der Waals surface area contributed by atoms with Gasteiger partial charge in [0.2, 0.25) is 5.91 Å². The average Bonchev–Trinajstić information content (AvgIpc) is 2.68. The summed E-state index contributed by atoms with van der Waals surface area (Å²) in [6.45, 7) is 3.26. The molecule has 2 heterocycles. The number of morpholine rings is 1. The zero-order valence-electron chi connectivity index (χ0n) is 14.5. The minimum atomic E-state index is -0.554. The number of likely N-dealkylation sites (tertiary alicyclic amines) is 1. The number of nitrogens with one attached hydrogen (secondary N) is 1. The Hall–Kier alpha value is -2.22. The average molecular weight is 367 g/mol. The summed E-state index contributed by atoms with van der Waals surface area (Å²) in [5, 5.41) is 2.61. The Morgan fingerprint density at radius 2 is 1.77 bits per heavy atom. The summed E-state index contributed by atoms with van der Waals surface area (Å²) >= 11 is 0. The molecule has 26 heavy (non-hydrogen) atoms. The summed E-state index contributed by atoms with van der Waals surface area (Å²) in [4.78, 5) is 28.2. The standard InChI is InChI=1S/C18H23F2N3O3/c19-15-1-2-16(20)14(11-15)12-21-18(25)23-5-3-13(4-6-23)17(24)22-7-9-26-10-8-22/h1-2,11,13H,3-10,12H2,(H,21,25). The van der Waals surface area contributed by atoms with Gasteiger partial charge in [-0.1, -0.05) is 0 Å². The van der Waals surface area contributed by atoms with Gasteiger partial charge in [-0.3, -0.25) is 4.79 Å². The van der Waals surface area contributed by atoms with E-state index in [1.54, 1.807) is 4.90 Å². The van der Waals surface area contributed by atoms with E-state index in [0.717, 1.165) is 18.2 Å². The molecule has 3 rings (SSSR count). The first kappa shape index (κ1) is 18.6. The van der Waals surface area contributed by atoms with E-state index in [1.807, 2.05) is 4.90 Å². The van der Waals surface area contributed by atoms with Crippen molar-refractivity contribution in [2.24, 2.45) is 5.92 Å². The van der Waals surface area contributed by atoms with Crippen LogP contribution in [0.15, 0.2) is 18.2 Å². The fourth-order valence-corrected chi connectivity index (χ4v) is 3.33. The Kier molecular flexibility index (Phi) is 6.03. The molecule has 0 unspecified atom stereocenters. The summed E-state index contributed by atoms with van der Waals surface area (Å²) in [6, 6.07) is 2.82. The molecule has 2 aliphatic rings. The van der Waals surface area contributed by atoms with E-state index in [1.165, 1.54) is 0 Å². The van der Waals surface area contributed by atoms with Crippen LogP contribution >= 0.6 is 0 Å². The lowest BCUT2D eigenvalue weighted by atomic mass is 9.95. The van der Waals surface area contributed by atoms with Crippen molar-refractivity contribution in [1.82, 2.24) is 15.1 Å². The summed E-state index contributed by atoms with van der Waals surface area (Å²) in [7, 11) is 0. The number of carbonyl (C=O) groups is 2. The second kappa shape index (κ2) is 8.44. The summed E-state index contributed by atoms with van der Waals surface area (Å²) < 4.78 is 32.0. The van der Waals surface area contributed by atoms with Gasteiger partial charge in [0, 0.05) is 44.2 Å². The minimum Gasteiger partial charge on any atom is -0.378 e. The van der Waals surface area contributed by atoms with E-state index in [-0.39, 0.29) is 30.0 Å². The first-order chi connectivity index (χ1) is 12.5. The molecule has 2 aliphatic heterocycles. The number of urea groups is 1. The lowest BCUT2D eigenvalue weighted by Crippen LogP contribution is -2.49. The van der Waals surface area contributed by atoms with Crippen molar-refractivity contribution in [3.05, 3.63) is 35.4 Å². The minimum absolute atomic E-state index is 0.0715. The van der Waals surface area contributed by atoms with E-state index in [4.69, 9.17) is 4.74 Å². The van der Waals surface area contributed by atoms with Crippen molar-refractivity contribution >= 4 is 11.9 Å². The number of benzene rings is 1. The summed E-state index contributed by atoms with van der Waals surface area (Å²) in [5.41, 5.74) is 0.107. The lowest BCUT2D eigenvalue weighted by Gasteiger charge is -2.35. The zero-order valence-corrected chi connectivity index (χ0v) is 14.5. The Morgan fingerprint density at radius 3 is 2.46 bits per heavy atom. The second-order valence-corrected chi connectivity index (χ2v) is 6.59. The number of hydrogen-bond donors (Lipinski definition) is 1. The molecule has 0 saturated carbocycles. The Balaban J connectivity index is 1.46. The number of carbonyl (C=O) groups excluding carboxylic acids is 2. The van der Waals surface area contributed by atoms with Crippen molar-refractivity contribution in [2.45, 2.75) is 19.4 Å². The third-order valence-corrected chi connectivity index (χ3v) is 4.89. The predicted molar refractivity (Wildman–Crippen MR) is 90.3 cm³/mol. The second-order valence-electron chi connectivity index (χ2n) is 6.59. The Labute approximate surface area is 151 Å². The van der Waals surface area contributed by atoms with Gasteiger partial charge in [-0.05, 0) is 31.0 Å². The smallest absolute Gasteiger partial charge is 0.317 e. The number of nitrogens with zero attached hydrogens (tertiary/aromatic N) is 2. The van der Waals surface area contributed by atoms with Crippen LogP contribution in [0.2, 0.25) is 0 Å². The fraction of sp³-hybridized carbons (Fsp3) is 0.556. The third kappa shape index (κ3) is 4.49. The molecule has 8 heteroatoms. The number of hydrogen-bond acceptors (Lipinski definition) is 3. The van der Waals surface area contributed by atoms with E-state index in [2.05, 4.69) is 5.32 Å². The number of rotatable bonds is 3. The summed E-state index contributed by atoms with van der Waals surface area (Å²) in [6.07, 6.45) is 1.22. The van der Waals surface area contributed by atoms with Gasteiger partial charge in [-0.25, -0.2) is 13.6 Å². The molecule has 0 aromatic heterocycles. The Bertz CT molecular complexity index is 657. The van der Waals surface area contributed by atoms with Crippen LogP contribution in [0.4, 0.5) is 13.6 Å². The molecule has 0 bridgehead atoms. The third-order valence-electron chi connectivity index (χ3n) is 4.89. The molecular formula is C18H23F2N3O3. The van der Waals surface area contributed by atoms with Crippen molar-refractivity contribution in [1.29, 1.82) is 0 Å². The van der Waals surface area contributed by atoms with Crippen molar-refractivity contribution in [3.8, 4) is 0 Å². The normalized spacial score (nSPS) is 18.7.